The summed E-state index contributed by atoms with van der Waals surface area (Å²) in [5.41, 5.74) is 1.61. The van der Waals surface area contributed by atoms with E-state index >= 15 is 0 Å². The van der Waals surface area contributed by atoms with Gasteiger partial charge in [0.25, 0.3) is 11.8 Å². The van der Waals surface area contributed by atoms with Gasteiger partial charge in [0.1, 0.15) is 17.3 Å². The maximum atomic E-state index is 13.0. The van der Waals surface area contributed by atoms with E-state index in [0.29, 0.717) is 33.3 Å². The van der Waals surface area contributed by atoms with Gasteiger partial charge >= 0.3 is 0 Å². The number of hydrogen-bond acceptors (Lipinski definition) is 6. The van der Waals surface area contributed by atoms with Gasteiger partial charge in [0, 0.05) is 11.3 Å². The van der Waals surface area contributed by atoms with Gasteiger partial charge in [0.2, 0.25) is 0 Å². The molecule has 0 saturated carbocycles. The molecule has 3 aromatic rings. The lowest BCUT2D eigenvalue weighted by atomic mass is 10.2. The number of methoxy groups -OCH3 is 1. The molecule has 2 N–H and O–H groups in total. The lowest BCUT2D eigenvalue weighted by Crippen LogP contribution is -2.28. The molecule has 4 rings (SSSR count). The van der Waals surface area contributed by atoms with Crippen molar-refractivity contribution in [3.8, 4) is 11.5 Å². The number of carbonyl (C=O) groups excluding carboxylic acids is 2. The molecule has 1 heterocycles. The molecule has 0 radical (unpaired) electrons. The molecule has 7 nitrogen and oxygen atoms in total. The molecule has 1 aliphatic rings. The number of hydrogen-bond donors (Lipinski definition) is 2. The maximum absolute atomic E-state index is 13.0. The molecule has 1 saturated heterocycles. The summed E-state index contributed by atoms with van der Waals surface area (Å²) in [4.78, 5) is 26.9. The van der Waals surface area contributed by atoms with E-state index in [9.17, 15) is 14.0 Å². The van der Waals surface area contributed by atoms with Crippen molar-refractivity contribution in [1.29, 1.82) is 5.41 Å². The smallest absolute Gasteiger partial charge is 0.271 e. The summed E-state index contributed by atoms with van der Waals surface area (Å²) >= 11 is 1.04. The van der Waals surface area contributed by atoms with Crippen LogP contribution in [0.1, 0.15) is 5.56 Å². The van der Waals surface area contributed by atoms with Crippen LogP contribution < -0.4 is 19.7 Å². The molecule has 34 heavy (non-hydrogen) atoms. The molecular weight excluding hydrogens is 457 g/mol. The highest BCUT2D eigenvalue weighted by atomic mass is 32.2. The zero-order valence-electron chi connectivity index (χ0n) is 18.1. The van der Waals surface area contributed by atoms with Gasteiger partial charge in [-0.05, 0) is 72.4 Å². The second-order valence-corrected chi connectivity index (χ2v) is 8.17. The molecule has 0 atom stereocenters. The number of thioether (sulfide) groups is 1. The van der Waals surface area contributed by atoms with E-state index in [-0.39, 0.29) is 17.7 Å². The van der Waals surface area contributed by atoms with E-state index in [0.717, 1.165) is 11.8 Å². The van der Waals surface area contributed by atoms with Crippen LogP contribution in [-0.4, -0.2) is 30.7 Å². The fraction of sp³-hybridized carbons (Fsp3) is 0.0800. The van der Waals surface area contributed by atoms with Gasteiger partial charge in [0.05, 0.1) is 17.7 Å². The Kier molecular flexibility index (Phi) is 6.93. The Morgan fingerprint density at radius 3 is 2.50 bits per heavy atom. The third-order valence-corrected chi connectivity index (χ3v) is 5.73. The number of anilines is 2. The van der Waals surface area contributed by atoms with E-state index in [1.807, 2.05) is 0 Å². The Morgan fingerprint density at radius 1 is 1.09 bits per heavy atom. The molecule has 1 aliphatic heterocycles. The number of ether oxygens (including phenoxy) is 2. The summed E-state index contributed by atoms with van der Waals surface area (Å²) < 4.78 is 23.8. The molecule has 172 valence electrons. The molecule has 1 fully saturated rings. The number of para-hydroxylation sites is 1. The summed E-state index contributed by atoms with van der Waals surface area (Å²) in [7, 11) is 1.56. The standard InChI is InChI=1S/C25H20FN3O4S/c1-32-20-12-10-19(11-13-20)29-24(31)22(34-25(29)27)14-16-4-2-3-5-21(16)33-15-23(30)28-18-8-6-17(26)7-9-18/h2-14,27H,15H2,1H3,(H,28,30)/b22-14-,27-25?. The van der Waals surface area contributed by atoms with Crippen LogP contribution in [0.2, 0.25) is 0 Å². The first-order valence-corrected chi connectivity index (χ1v) is 11.0. The monoisotopic (exact) mass is 477 g/mol. The van der Waals surface area contributed by atoms with Crippen molar-refractivity contribution < 1.29 is 23.5 Å². The van der Waals surface area contributed by atoms with Crippen molar-refractivity contribution in [2.24, 2.45) is 0 Å². The van der Waals surface area contributed by atoms with Crippen molar-refractivity contribution in [1.82, 2.24) is 0 Å². The number of nitrogens with zero attached hydrogens (tertiary/aromatic N) is 1. The van der Waals surface area contributed by atoms with Crippen LogP contribution in [0.15, 0.2) is 77.7 Å². The van der Waals surface area contributed by atoms with Gasteiger partial charge in [0.15, 0.2) is 11.8 Å². The van der Waals surface area contributed by atoms with E-state index in [4.69, 9.17) is 14.9 Å². The van der Waals surface area contributed by atoms with Crippen LogP contribution >= 0.6 is 11.8 Å². The molecule has 0 spiro atoms. The number of rotatable bonds is 7. The molecule has 0 aromatic heterocycles. The topological polar surface area (TPSA) is 91.7 Å². The Labute approximate surface area is 199 Å². The fourth-order valence-corrected chi connectivity index (χ4v) is 4.05. The van der Waals surface area contributed by atoms with Crippen molar-refractivity contribution in [2.45, 2.75) is 0 Å². The van der Waals surface area contributed by atoms with E-state index in [2.05, 4.69) is 5.32 Å². The summed E-state index contributed by atoms with van der Waals surface area (Å²) in [5, 5.41) is 11.0. The zero-order chi connectivity index (χ0) is 24.1. The number of benzene rings is 3. The maximum Gasteiger partial charge on any atom is 0.271 e. The Bertz CT molecular complexity index is 1260. The molecule has 0 aliphatic carbocycles. The lowest BCUT2D eigenvalue weighted by Gasteiger charge is -2.14. The van der Waals surface area contributed by atoms with E-state index in [1.165, 1.54) is 29.2 Å². The number of halogens is 1. The average molecular weight is 478 g/mol. The predicted molar refractivity (Wildman–Crippen MR) is 131 cm³/mol. The van der Waals surface area contributed by atoms with Gasteiger partial charge in [-0.15, -0.1) is 0 Å². The normalized spacial score (nSPS) is 14.4. The first-order valence-electron chi connectivity index (χ1n) is 10.2. The Balaban J connectivity index is 1.47. The number of carbonyl (C=O) groups is 2. The predicted octanol–water partition coefficient (Wildman–Crippen LogP) is 4.91. The van der Waals surface area contributed by atoms with Gasteiger partial charge in [-0.3, -0.25) is 19.9 Å². The molecule has 0 bridgehead atoms. The fourth-order valence-electron chi connectivity index (χ4n) is 3.20. The molecule has 9 heteroatoms. The second kappa shape index (κ2) is 10.2. The highest BCUT2D eigenvalue weighted by Crippen LogP contribution is 2.36. The van der Waals surface area contributed by atoms with Crippen molar-refractivity contribution >= 4 is 46.2 Å². The minimum absolute atomic E-state index is 0.0819. The minimum Gasteiger partial charge on any atom is -0.497 e. The van der Waals surface area contributed by atoms with Crippen LogP contribution in [0.5, 0.6) is 11.5 Å². The number of nitrogens with one attached hydrogen (secondary N) is 2. The number of amides is 2. The van der Waals surface area contributed by atoms with E-state index < -0.39 is 11.7 Å². The SMILES string of the molecule is COc1ccc(N2C(=N)S/C(=C\c3ccccc3OCC(=O)Nc3ccc(F)cc3)C2=O)cc1. The summed E-state index contributed by atoms with van der Waals surface area (Å²) in [5.74, 6) is -0.0713. The lowest BCUT2D eigenvalue weighted by molar-refractivity contribution is -0.118. The Hall–Kier alpha value is -4.11. The number of amidine groups is 1. The molecule has 3 aromatic carbocycles. The largest absolute Gasteiger partial charge is 0.497 e. The van der Waals surface area contributed by atoms with Crippen LogP contribution in [0.3, 0.4) is 0 Å². The first kappa shape index (κ1) is 23.1. The molecular formula is C25H20FN3O4S. The molecule has 2 amide bonds. The van der Waals surface area contributed by atoms with Gasteiger partial charge in [-0.1, -0.05) is 18.2 Å². The van der Waals surface area contributed by atoms with Crippen LogP contribution in [-0.2, 0) is 9.59 Å². The summed E-state index contributed by atoms with van der Waals surface area (Å²) in [6.07, 6.45) is 1.64. The third kappa shape index (κ3) is 5.26. The summed E-state index contributed by atoms with van der Waals surface area (Å²) in [6.45, 7) is -0.271. The quantitative estimate of drug-likeness (QED) is 0.472. The highest BCUT2D eigenvalue weighted by molar-refractivity contribution is 8.19. The van der Waals surface area contributed by atoms with Crippen LogP contribution in [0.4, 0.5) is 15.8 Å². The van der Waals surface area contributed by atoms with Gasteiger partial charge < -0.3 is 14.8 Å². The average Bonchev–Trinajstić information content (AvgIpc) is 3.12. The second-order valence-electron chi connectivity index (χ2n) is 7.14. The van der Waals surface area contributed by atoms with Crippen molar-refractivity contribution in [2.75, 3.05) is 23.9 Å². The van der Waals surface area contributed by atoms with Crippen molar-refractivity contribution in [3.63, 3.8) is 0 Å². The zero-order valence-corrected chi connectivity index (χ0v) is 18.9. The van der Waals surface area contributed by atoms with Gasteiger partial charge in [-0.25, -0.2) is 4.39 Å². The molecule has 0 unspecified atom stereocenters. The minimum atomic E-state index is -0.409. The highest BCUT2D eigenvalue weighted by Gasteiger charge is 2.33. The van der Waals surface area contributed by atoms with E-state index in [1.54, 1.807) is 61.7 Å². The van der Waals surface area contributed by atoms with Crippen LogP contribution in [0.25, 0.3) is 6.08 Å². The van der Waals surface area contributed by atoms with Gasteiger partial charge in [-0.2, -0.15) is 0 Å². The van der Waals surface area contributed by atoms with Crippen molar-refractivity contribution in [3.05, 3.63) is 89.1 Å². The Morgan fingerprint density at radius 2 is 1.79 bits per heavy atom. The van der Waals surface area contributed by atoms with Crippen LogP contribution in [0, 0.1) is 11.2 Å². The summed E-state index contributed by atoms with van der Waals surface area (Å²) in [6, 6.07) is 19.3. The third-order valence-electron chi connectivity index (χ3n) is 4.85. The first-order chi connectivity index (χ1) is 16.4.